The largest absolute Gasteiger partial charge is 0.472 e. The SMILES string of the molecule is CCCCCC/C=C\C=C/CCCCCCCC(=O)O[C@H](COC(=O)CCCCCCCCC(C)CC)COP(=O)(O)OCC(O)COP(=O)(O)OC[C@@H](COC(=O)CCCCCCCCCCC(C)C)OC(=O)CCCCCCCCCCCCCC(C)C. The van der Waals surface area contributed by atoms with Crippen molar-refractivity contribution >= 4 is 39.5 Å². The maximum absolute atomic E-state index is 13.0. The first-order chi connectivity index (χ1) is 43.3. The van der Waals surface area contributed by atoms with Gasteiger partial charge in [-0.25, -0.2) is 9.13 Å². The molecular formula is C71H134O17P2. The molecule has 0 fully saturated rings. The Morgan fingerprint density at radius 2 is 0.656 bits per heavy atom. The lowest BCUT2D eigenvalue weighted by atomic mass is 10.00. The summed E-state index contributed by atoms with van der Waals surface area (Å²) in [5.41, 5.74) is 0. The Kier molecular flexibility index (Phi) is 59.7. The molecule has 0 aliphatic carbocycles. The number of phosphoric ester groups is 2. The molecule has 0 saturated carbocycles. The molecular weight excluding hydrogens is 1190 g/mol. The van der Waals surface area contributed by atoms with Gasteiger partial charge in [-0.3, -0.25) is 37.3 Å². The first-order valence-electron chi connectivity index (χ1n) is 36.2. The molecule has 90 heavy (non-hydrogen) atoms. The Hall–Kier alpha value is -2.46. The number of unbranched alkanes of at least 4 members (excludes halogenated alkanes) is 31. The standard InChI is InChI=1S/C71H134O17P2/c1-8-10-11-12-13-14-15-16-17-18-21-24-31-40-47-54-70(75)88-67(59-82-69(74)53-46-39-34-33-37-44-51-64(7)9-2)61-86-90(79,80)84-57-65(72)56-83-89(77,78)85-60-66(58-81-68(73)52-45-38-30-27-26-29-36-43-50-63(5)6)87-71(76)55-48-41-32-25-22-19-20-23-28-35-42-49-62(3)4/h14-17,62-67,72H,8-13,18-61H2,1-7H3,(H,77,78)(H,79,80)/b15-14-,17-16-/t64?,65?,66-,67-/m1/s1. The maximum Gasteiger partial charge on any atom is 0.472 e. The minimum atomic E-state index is -4.96. The number of carbonyl (C=O) groups is 4. The Labute approximate surface area is 548 Å². The summed E-state index contributed by atoms with van der Waals surface area (Å²) in [4.78, 5) is 72.5. The third kappa shape index (κ3) is 63.0. The summed E-state index contributed by atoms with van der Waals surface area (Å²) in [6.07, 6.45) is 48.0. The van der Waals surface area contributed by atoms with Crippen LogP contribution in [0.25, 0.3) is 0 Å². The van der Waals surface area contributed by atoms with Crippen LogP contribution < -0.4 is 0 Å². The molecule has 0 radical (unpaired) electrons. The van der Waals surface area contributed by atoms with Crippen LogP contribution in [0.5, 0.6) is 0 Å². The van der Waals surface area contributed by atoms with Crippen LogP contribution in [0.15, 0.2) is 24.3 Å². The van der Waals surface area contributed by atoms with Crippen molar-refractivity contribution in [1.82, 2.24) is 0 Å². The number of aliphatic hydroxyl groups excluding tert-OH is 1. The zero-order valence-electron chi connectivity index (χ0n) is 58.1. The second kappa shape index (κ2) is 61.4. The summed E-state index contributed by atoms with van der Waals surface area (Å²) in [5.74, 6) is 0.0583. The first kappa shape index (κ1) is 87.5. The summed E-state index contributed by atoms with van der Waals surface area (Å²) in [7, 11) is -9.92. The number of aliphatic hydroxyl groups is 1. The van der Waals surface area contributed by atoms with Gasteiger partial charge in [-0.15, -0.1) is 0 Å². The summed E-state index contributed by atoms with van der Waals surface area (Å²) < 4.78 is 68.3. The van der Waals surface area contributed by atoms with E-state index in [9.17, 15) is 43.2 Å². The van der Waals surface area contributed by atoms with E-state index in [-0.39, 0.29) is 25.7 Å². The lowest BCUT2D eigenvalue weighted by Crippen LogP contribution is -2.30. The van der Waals surface area contributed by atoms with Crippen molar-refractivity contribution < 1.29 is 80.2 Å². The molecule has 4 unspecified atom stereocenters. The molecule has 0 bridgehead atoms. The average Bonchev–Trinajstić information content (AvgIpc) is 3.45. The van der Waals surface area contributed by atoms with Gasteiger partial charge in [-0.1, -0.05) is 278 Å². The number of hydrogen-bond donors (Lipinski definition) is 3. The molecule has 530 valence electrons. The van der Waals surface area contributed by atoms with Crippen LogP contribution >= 0.6 is 15.6 Å². The molecule has 0 aliphatic heterocycles. The van der Waals surface area contributed by atoms with Gasteiger partial charge in [0.1, 0.15) is 19.3 Å². The van der Waals surface area contributed by atoms with Gasteiger partial charge in [0.05, 0.1) is 26.4 Å². The lowest BCUT2D eigenvalue weighted by Gasteiger charge is -2.21. The monoisotopic (exact) mass is 1320 g/mol. The minimum absolute atomic E-state index is 0.0836. The van der Waals surface area contributed by atoms with Gasteiger partial charge in [-0.2, -0.15) is 0 Å². The van der Waals surface area contributed by atoms with E-state index in [4.69, 9.17) is 37.0 Å². The van der Waals surface area contributed by atoms with Crippen LogP contribution in [-0.4, -0.2) is 96.7 Å². The Balaban J connectivity index is 5.29. The van der Waals surface area contributed by atoms with Gasteiger partial charge in [0, 0.05) is 25.7 Å². The summed E-state index contributed by atoms with van der Waals surface area (Å²) in [6.45, 7) is 11.7. The van der Waals surface area contributed by atoms with Crippen LogP contribution in [0.3, 0.4) is 0 Å². The molecule has 0 rings (SSSR count). The van der Waals surface area contributed by atoms with Gasteiger partial charge in [0.25, 0.3) is 0 Å². The summed E-state index contributed by atoms with van der Waals surface area (Å²) in [5, 5.41) is 10.6. The lowest BCUT2D eigenvalue weighted by molar-refractivity contribution is -0.161. The quantitative estimate of drug-likeness (QED) is 0.0169. The smallest absolute Gasteiger partial charge is 0.462 e. The molecule has 19 heteroatoms. The van der Waals surface area contributed by atoms with Gasteiger partial charge in [0.2, 0.25) is 0 Å². The molecule has 0 aromatic rings. The molecule has 3 N–H and O–H groups in total. The van der Waals surface area contributed by atoms with Crippen LogP contribution in [0.1, 0.15) is 331 Å². The maximum atomic E-state index is 13.0. The van der Waals surface area contributed by atoms with Crippen LogP contribution in [-0.2, 0) is 65.4 Å². The molecule has 17 nitrogen and oxygen atoms in total. The third-order valence-electron chi connectivity index (χ3n) is 16.1. The van der Waals surface area contributed by atoms with E-state index in [0.29, 0.717) is 25.7 Å². The van der Waals surface area contributed by atoms with Gasteiger partial charge < -0.3 is 33.8 Å². The molecule has 6 atom stereocenters. The van der Waals surface area contributed by atoms with Crippen molar-refractivity contribution in [3.63, 3.8) is 0 Å². The molecule has 0 saturated heterocycles. The normalized spacial score (nSPS) is 14.7. The van der Waals surface area contributed by atoms with Crippen molar-refractivity contribution in [2.24, 2.45) is 17.8 Å². The predicted octanol–water partition coefficient (Wildman–Crippen LogP) is 19.8. The van der Waals surface area contributed by atoms with Gasteiger partial charge >= 0.3 is 39.5 Å². The topological polar surface area (TPSA) is 237 Å². The highest BCUT2D eigenvalue weighted by Gasteiger charge is 2.30. The van der Waals surface area contributed by atoms with E-state index < -0.39 is 97.5 Å². The average molecular weight is 1320 g/mol. The van der Waals surface area contributed by atoms with Crippen molar-refractivity contribution in [1.29, 1.82) is 0 Å². The van der Waals surface area contributed by atoms with E-state index in [2.05, 4.69) is 72.8 Å². The highest BCUT2D eigenvalue weighted by Crippen LogP contribution is 2.45. The number of phosphoric acid groups is 2. The predicted molar refractivity (Wildman–Crippen MR) is 363 cm³/mol. The molecule has 0 aliphatic rings. The second-order valence-electron chi connectivity index (χ2n) is 26.1. The van der Waals surface area contributed by atoms with Gasteiger partial charge in [-0.05, 0) is 69.1 Å². The van der Waals surface area contributed by atoms with Crippen molar-refractivity contribution in [2.45, 2.75) is 349 Å². The summed E-state index contributed by atoms with van der Waals surface area (Å²) in [6, 6.07) is 0. The van der Waals surface area contributed by atoms with E-state index in [1.807, 2.05) is 0 Å². The van der Waals surface area contributed by atoms with Crippen molar-refractivity contribution in [3.05, 3.63) is 24.3 Å². The van der Waals surface area contributed by atoms with E-state index in [1.54, 1.807) is 0 Å². The number of hydrogen-bond acceptors (Lipinski definition) is 15. The van der Waals surface area contributed by atoms with E-state index in [0.717, 1.165) is 127 Å². The van der Waals surface area contributed by atoms with Gasteiger partial charge in [0.15, 0.2) is 12.2 Å². The number of allylic oxidation sites excluding steroid dienone is 4. The molecule has 0 aromatic carbocycles. The Morgan fingerprint density at radius 1 is 0.367 bits per heavy atom. The highest BCUT2D eigenvalue weighted by atomic mass is 31.2. The van der Waals surface area contributed by atoms with E-state index in [1.165, 1.54) is 122 Å². The molecule has 0 spiro atoms. The van der Waals surface area contributed by atoms with Crippen LogP contribution in [0, 0.1) is 17.8 Å². The van der Waals surface area contributed by atoms with E-state index >= 15 is 0 Å². The van der Waals surface area contributed by atoms with Crippen molar-refractivity contribution in [2.75, 3.05) is 39.6 Å². The van der Waals surface area contributed by atoms with Crippen molar-refractivity contribution in [3.8, 4) is 0 Å². The molecule has 0 heterocycles. The second-order valence-corrected chi connectivity index (χ2v) is 29.0. The summed E-state index contributed by atoms with van der Waals surface area (Å²) >= 11 is 0. The van der Waals surface area contributed by atoms with Crippen LogP contribution in [0.2, 0.25) is 0 Å². The highest BCUT2D eigenvalue weighted by molar-refractivity contribution is 7.47. The fraction of sp³-hybridized carbons (Fsp3) is 0.887. The number of carbonyl (C=O) groups excluding carboxylic acids is 4. The fourth-order valence-corrected chi connectivity index (χ4v) is 11.7. The number of rotatable bonds is 67. The Bertz CT molecular complexity index is 1860. The number of esters is 4. The molecule has 0 aromatic heterocycles. The minimum Gasteiger partial charge on any atom is -0.462 e. The first-order valence-corrected chi connectivity index (χ1v) is 39.2. The Morgan fingerprint density at radius 3 is 0.989 bits per heavy atom. The fourth-order valence-electron chi connectivity index (χ4n) is 10.1. The zero-order valence-corrected chi connectivity index (χ0v) is 59.9. The number of ether oxygens (including phenoxy) is 4. The third-order valence-corrected chi connectivity index (χ3v) is 18.0. The zero-order chi connectivity index (χ0) is 66.6. The van der Waals surface area contributed by atoms with Crippen LogP contribution in [0.4, 0.5) is 0 Å². The molecule has 0 amide bonds.